The van der Waals surface area contributed by atoms with Crippen LogP contribution in [0.3, 0.4) is 0 Å². The molecule has 82 valence electrons. The predicted octanol–water partition coefficient (Wildman–Crippen LogP) is 1.86. The van der Waals surface area contributed by atoms with Crippen molar-refractivity contribution >= 4 is 0 Å². The van der Waals surface area contributed by atoms with Crippen molar-refractivity contribution in [1.29, 1.82) is 0 Å². The Morgan fingerprint density at radius 1 is 1.33 bits per heavy atom. The molecule has 2 atom stereocenters. The summed E-state index contributed by atoms with van der Waals surface area (Å²) in [5.41, 5.74) is 7.13. The minimum atomic E-state index is 0.679. The lowest BCUT2D eigenvalue weighted by Crippen LogP contribution is -2.27. The van der Waals surface area contributed by atoms with Crippen LogP contribution in [0.1, 0.15) is 18.9 Å². The maximum atomic E-state index is 5.72. The summed E-state index contributed by atoms with van der Waals surface area (Å²) >= 11 is 0. The van der Waals surface area contributed by atoms with Crippen molar-refractivity contribution in [3.05, 3.63) is 35.9 Å². The van der Waals surface area contributed by atoms with E-state index in [9.17, 15) is 0 Å². The fourth-order valence-electron chi connectivity index (χ4n) is 2.43. The lowest BCUT2D eigenvalue weighted by atomic mass is 10.1. The van der Waals surface area contributed by atoms with Crippen LogP contribution in [-0.4, -0.2) is 24.0 Å². The molecule has 0 saturated carbocycles. The summed E-state index contributed by atoms with van der Waals surface area (Å²) in [4.78, 5) is 2.53. The van der Waals surface area contributed by atoms with Crippen LogP contribution < -0.4 is 5.73 Å². The van der Waals surface area contributed by atoms with Gasteiger partial charge in [0.1, 0.15) is 0 Å². The molecule has 1 aliphatic heterocycles. The fraction of sp³-hybridized carbons (Fsp3) is 0.538. The van der Waals surface area contributed by atoms with Crippen LogP contribution in [0.25, 0.3) is 0 Å². The average molecular weight is 204 g/mol. The van der Waals surface area contributed by atoms with Gasteiger partial charge in [-0.1, -0.05) is 30.3 Å². The third-order valence-electron chi connectivity index (χ3n) is 3.35. The molecule has 1 heterocycles. The van der Waals surface area contributed by atoms with Gasteiger partial charge in [0.25, 0.3) is 0 Å². The van der Waals surface area contributed by atoms with Gasteiger partial charge >= 0.3 is 0 Å². The van der Waals surface area contributed by atoms with Gasteiger partial charge in [0.2, 0.25) is 0 Å². The summed E-state index contributed by atoms with van der Waals surface area (Å²) < 4.78 is 0. The van der Waals surface area contributed by atoms with Crippen molar-refractivity contribution in [2.24, 2.45) is 11.7 Å². The Labute approximate surface area is 92.1 Å². The second-order valence-electron chi connectivity index (χ2n) is 4.60. The predicted molar refractivity (Wildman–Crippen MR) is 63.5 cm³/mol. The molecule has 2 heteroatoms. The normalized spacial score (nSPS) is 27.1. The Hall–Kier alpha value is -0.860. The molecule has 0 radical (unpaired) electrons. The average Bonchev–Trinajstić information content (AvgIpc) is 2.61. The molecule has 2 nitrogen and oxygen atoms in total. The first kappa shape index (κ1) is 10.7. The van der Waals surface area contributed by atoms with Gasteiger partial charge in [-0.05, 0) is 31.4 Å². The Bertz CT molecular complexity index is 297. The third kappa shape index (κ3) is 2.58. The quantitative estimate of drug-likeness (QED) is 0.814. The molecule has 1 aliphatic rings. The molecule has 1 fully saturated rings. The van der Waals surface area contributed by atoms with E-state index in [4.69, 9.17) is 5.73 Å². The molecular formula is C13H20N2. The smallest absolute Gasteiger partial charge is 0.0236 e. The molecule has 0 aromatic heterocycles. The standard InChI is InChI=1S/C13H20N2/c1-11-7-13(8-14)10-15(11)9-12-5-3-2-4-6-12/h2-6,11,13H,7-10,14H2,1H3/t11-,13-/m1/s1. The van der Waals surface area contributed by atoms with Gasteiger partial charge in [-0.25, -0.2) is 0 Å². The lowest BCUT2D eigenvalue weighted by Gasteiger charge is -2.20. The summed E-state index contributed by atoms with van der Waals surface area (Å²) in [6.45, 7) is 5.36. The van der Waals surface area contributed by atoms with Gasteiger partial charge < -0.3 is 5.73 Å². The van der Waals surface area contributed by atoms with Crippen molar-refractivity contribution in [3.8, 4) is 0 Å². The highest BCUT2D eigenvalue weighted by Gasteiger charge is 2.27. The summed E-state index contributed by atoms with van der Waals surface area (Å²) in [5, 5.41) is 0. The van der Waals surface area contributed by atoms with E-state index in [2.05, 4.69) is 42.2 Å². The second kappa shape index (κ2) is 4.77. The minimum Gasteiger partial charge on any atom is -0.330 e. The molecule has 0 bridgehead atoms. The molecule has 1 aromatic rings. The zero-order valence-electron chi connectivity index (χ0n) is 9.39. The van der Waals surface area contributed by atoms with Crippen LogP contribution in [-0.2, 0) is 6.54 Å². The highest BCUT2D eigenvalue weighted by atomic mass is 15.2. The summed E-state index contributed by atoms with van der Waals surface area (Å²) in [7, 11) is 0. The van der Waals surface area contributed by atoms with Crippen LogP contribution in [0, 0.1) is 5.92 Å². The van der Waals surface area contributed by atoms with Gasteiger partial charge in [-0.15, -0.1) is 0 Å². The van der Waals surface area contributed by atoms with Crippen molar-refractivity contribution in [3.63, 3.8) is 0 Å². The Kier molecular flexibility index (Phi) is 3.39. The second-order valence-corrected chi connectivity index (χ2v) is 4.60. The molecule has 0 unspecified atom stereocenters. The summed E-state index contributed by atoms with van der Waals surface area (Å²) in [5.74, 6) is 0.698. The zero-order valence-corrected chi connectivity index (χ0v) is 9.39. The molecule has 15 heavy (non-hydrogen) atoms. The molecule has 2 rings (SSSR count). The molecule has 0 aliphatic carbocycles. The van der Waals surface area contributed by atoms with Crippen molar-refractivity contribution < 1.29 is 0 Å². The number of hydrogen-bond donors (Lipinski definition) is 1. The maximum absolute atomic E-state index is 5.72. The van der Waals surface area contributed by atoms with Gasteiger partial charge in [-0.3, -0.25) is 4.90 Å². The third-order valence-corrected chi connectivity index (χ3v) is 3.35. The van der Waals surface area contributed by atoms with Crippen LogP contribution >= 0.6 is 0 Å². The zero-order chi connectivity index (χ0) is 10.7. The van der Waals surface area contributed by atoms with Crippen LogP contribution in [0.5, 0.6) is 0 Å². The van der Waals surface area contributed by atoms with Crippen LogP contribution in [0.4, 0.5) is 0 Å². The minimum absolute atomic E-state index is 0.679. The van der Waals surface area contributed by atoms with Gasteiger partial charge in [0.15, 0.2) is 0 Å². The monoisotopic (exact) mass is 204 g/mol. The first-order valence-corrected chi connectivity index (χ1v) is 5.77. The van der Waals surface area contributed by atoms with Crippen LogP contribution in [0.2, 0.25) is 0 Å². The van der Waals surface area contributed by atoms with E-state index in [-0.39, 0.29) is 0 Å². The number of rotatable bonds is 3. The van der Waals surface area contributed by atoms with E-state index in [0.717, 1.165) is 19.6 Å². The van der Waals surface area contributed by atoms with E-state index in [1.165, 1.54) is 12.0 Å². The van der Waals surface area contributed by atoms with Crippen molar-refractivity contribution in [1.82, 2.24) is 4.90 Å². The highest BCUT2D eigenvalue weighted by molar-refractivity contribution is 5.14. The summed E-state index contributed by atoms with van der Waals surface area (Å²) in [6.07, 6.45) is 1.25. The lowest BCUT2D eigenvalue weighted by molar-refractivity contribution is 0.256. The first-order valence-electron chi connectivity index (χ1n) is 5.77. The number of likely N-dealkylation sites (tertiary alicyclic amines) is 1. The van der Waals surface area contributed by atoms with Gasteiger partial charge in [-0.2, -0.15) is 0 Å². The SMILES string of the molecule is C[C@@H]1C[C@H](CN)CN1Cc1ccccc1. The van der Waals surface area contributed by atoms with E-state index >= 15 is 0 Å². The number of nitrogens with two attached hydrogens (primary N) is 1. The number of benzene rings is 1. The summed E-state index contributed by atoms with van der Waals surface area (Å²) in [6, 6.07) is 11.4. The van der Waals surface area contributed by atoms with Gasteiger partial charge in [0, 0.05) is 19.1 Å². The first-order chi connectivity index (χ1) is 7.29. The van der Waals surface area contributed by atoms with E-state index < -0.39 is 0 Å². The maximum Gasteiger partial charge on any atom is 0.0236 e. The van der Waals surface area contributed by atoms with Crippen molar-refractivity contribution in [2.75, 3.05) is 13.1 Å². The topological polar surface area (TPSA) is 29.3 Å². The van der Waals surface area contributed by atoms with Gasteiger partial charge in [0.05, 0.1) is 0 Å². The van der Waals surface area contributed by atoms with Crippen molar-refractivity contribution in [2.45, 2.75) is 25.9 Å². The van der Waals surface area contributed by atoms with Crippen LogP contribution in [0.15, 0.2) is 30.3 Å². The van der Waals surface area contributed by atoms with E-state index in [1.807, 2.05) is 0 Å². The van der Waals surface area contributed by atoms with E-state index in [1.54, 1.807) is 0 Å². The molecule has 1 aromatic carbocycles. The molecular weight excluding hydrogens is 184 g/mol. The Balaban J connectivity index is 1.96. The fourth-order valence-corrected chi connectivity index (χ4v) is 2.43. The molecule has 0 spiro atoms. The molecule has 1 saturated heterocycles. The number of nitrogens with zero attached hydrogens (tertiary/aromatic N) is 1. The van der Waals surface area contributed by atoms with E-state index in [0.29, 0.717) is 12.0 Å². The number of hydrogen-bond acceptors (Lipinski definition) is 2. The largest absolute Gasteiger partial charge is 0.330 e. The Morgan fingerprint density at radius 2 is 2.07 bits per heavy atom. The molecule has 2 N–H and O–H groups in total. The molecule has 0 amide bonds. The highest BCUT2D eigenvalue weighted by Crippen LogP contribution is 2.23. The Morgan fingerprint density at radius 3 is 2.67 bits per heavy atom.